The van der Waals surface area contributed by atoms with Crippen LogP contribution in [-0.4, -0.2) is 46.2 Å². The van der Waals surface area contributed by atoms with Crippen LogP contribution in [0.5, 0.6) is 0 Å². The van der Waals surface area contributed by atoms with Gasteiger partial charge in [0.15, 0.2) is 11.3 Å². The highest BCUT2D eigenvalue weighted by atomic mass is 32.2. The summed E-state index contributed by atoms with van der Waals surface area (Å²) in [6, 6.07) is 9.69. The number of nitrogens with zero attached hydrogens (tertiary/aromatic N) is 3. The third kappa shape index (κ3) is 6.05. The number of aromatic nitrogens is 2. The summed E-state index contributed by atoms with van der Waals surface area (Å²) >= 11 is 1.49. The molecule has 2 rings (SSSR count). The van der Waals surface area contributed by atoms with Gasteiger partial charge in [0, 0.05) is 31.4 Å². The van der Waals surface area contributed by atoms with Gasteiger partial charge in [-0.25, -0.2) is 9.97 Å². The number of likely N-dealkylation sites (N-methyl/N-ethyl adjacent to an activating group) is 1. The van der Waals surface area contributed by atoms with Crippen molar-refractivity contribution < 1.29 is 14.3 Å². The second kappa shape index (κ2) is 10.2. The van der Waals surface area contributed by atoms with Crippen LogP contribution in [0.3, 0.4) is 0 Å². The Hall–Kier alpha value is -2.41. The molecule has 1 amide bonds. The Kier molecular flexibility index (Phi) is 7.99. The number of benzene rings is 1. The second-order valence-electron chi connectivity index (χ2n) is 6.67. The van der Waals surface area contributed by atoms with Crippen LogP contribution in [0.15, 0.2) is 35.5 Å². The lowest BCUT2D eigenvalue weighted by molar-refractivity contribution is -0.158. The number of aryl methyl sites for hydroxylation is 2. The van der Waals surface area contributed by atoms with Gasteiger partial charge < -0.3 is 9.64 Å². The monoisotopic (exact) mass is 401 g/mol. The lowest BCUT2D eigenvalue weighted by Crippen LogP contribution is -2.37. The Morgan fingerprint density at radius 3 is 2.32 bits per heavy atom. The number of esters is 1. The minimum Gasteiger partial charge on any atom is -0.453 e. The molecule has 0 radical (unpaired) electrons. The number of thioether (sulfide) groups is 1. The molecule has 0 aliphatic heterocycles. The van der Waals surface area contributed by atoms with Crippen LogP contribution in [0.1, 0.15) is 35.9 Å². The van der Waals surface area contributed by atoms with Gasteiger partial charge in [0.1, 0.15) is 0 Å². The molecule has 1 atom stereocenters. The molecule has 1 aromatic carbocycles. The third-order valence-corrected chi connectivity index (χ3v) is 5.00. The molecule has 28 heavy (non-hydrogen) atoms. The molecule has 0 aliphatic rings. The van der Waals surface area contributed by atoms with Crippen molar-refractivity contribution in [2.45, 2.75) is 51.4 Å². The van der Waals surface area contributed by atoms with E-state index in [-0.39, 0.29) is 12.3 Å². The first-order valence-electron chi connectivity index (χ1n) is 9.18. The Balaban J connectivity index is 1.87. The molecule has 0 N–H and O–H groups in total. The first kappa shape index (κ1) is 21.9. The largest absolute Gasteiger partial charge is 0.453 e. The van der Waals surface area contributed by atoms with Crippen LogP contribution in [0.2, 0.25) is 0 Å². The van der Waals surface area contributed by atoms with Gasteiger partial charge in [-0.2, -0.15) is 0 Å². The van der Waals surface area contributed by atoms with Crippen molar-refractivity contribution >= 4 is 23.6 Å². The first-order valence-corrected chi connectivity index (χ1v) is 10.4. The normalized spacial score (nSPS) is 11.8. The fourth-order valence-electron chi connectivity index (χ4n) is 2.94. The minimum atomic E-state index is -0.821. The summed E-state index contributed by atoms with van der Waals surface area (Å²) in [5.41, 5.74) is 3.72. The Morgan fingerprint density at radius 1 is 1.14 bits per heavy atom. The summed E-state index contributed by atoms with van der Waals surface area (Å²) in [7, 11) is 1.71. The van der Waals surface area contributed by atoms with Crippen molar-refractivity contribution in [3.8, 4) is 0 Å². The summed E-state index contributed by atoms with van der Waals surface area (Å²) in [5, 5.41) is 0.724. The minimum absolute atomic E-state index is 0.184. The van der Waals surface area contributed by atoms with Gasteiger partial charge in [0.25, 0.3) is 5.91 Å². The molecule has 0 fully saturated rings. The van der Waals surface area contributed by atoms with Crippen LogP contribution in [0.4, 0.5) is 0 Å². The van der Waals surface area contributed by atoms with Gasteiger partial charge >= 0.3 is 5.97 Å². The molecule has 7 heteroatoms. The maximum atomic E-state index is 12.5. The Bertz CT molecular complexity index is 804. The lowest BCUT2D eigenvalue weighted by atomic mass is 10.1. The van der Waals surface area contributed by atoms with E-state index in [1.165, 1.54) is 11.8 Å². The molecule has 0 saturated carbocycles. The number of amides is 1. The van der Waals surface area contributed by atoms with Gasteiger partial charge in [-0.3, -0.25) is 9.59 Å². The van der Waals surface area contributed by atoms with E-state index in [1.54, 1.807) is 18.9 Å². The van der Waals surface area contributed by atoms with Gasteiger partial charge in [-0.05, 0) is 44.6 Å². The van der Waals surface area contributed by atoms with Crippen LogP contribution in [0, 0.1) is 13.8 Å². The van der Waals surface area contributed by atoms with E-state index in [1.807, 2.05) is 50.4 Å². The van der Waals surface area contributed by atoms with E-state index in [0.717, 1.165) is 27.7 Å². The third-order valence-electron chi connectivity index (χ3n) is 4.46. The summed E-state index contributed by atoms with van der Waals surface area (Å²) in [4.78, 5) is 35.1. The van der Waals surface area contributed by atoms with E-state index in [0.29, 0.717) is 13.0 Å². The fourth-order valence-corrected chi connectivity index (χ4v) is 3.40. The van der Waals surface area contributed by atoms with E-state index in [4.69, 9.17) is 4.74 Å². The number of hydrogen-bond acceptors (Lipinski definition) is 6. The predicted octanol–water partition coefficient (Wildman–Crippen LogP) is 3.34. The molecule has 0 saturated heterocycles. The van der Waals surface area contributed by atoms with Crippen molar-refractivity contribution in [3.05, 3.63) is 52.8 Å². The van der Waals surface area contributed by atoms with Gasteiger partial charge in [-0.1, -0.05) is 42.1 Å². The zero-order valence-corrected chi connectivity index (χ0v) is 17.9. The number of rotatable bonds is 8. The number of ether oxygens (including phenoxy) is 1. The average molecular weight is 402 g/mol. The maximum absolute atomic E-state index is 12.5. The van der Waals surface area contributed by atoms with E-state index >= 15 is 0 Å². The van der Waals surface area contributed by atoms with Crippen LogP contribution >= 0.6 is 11.8 Å². The second-order valence-corrected chi connectivity index (χ2v) is 7.45. The van der Waals surface area contributed by atoms with E-state index in [9.17, 15) is 9.59 Å². The number of hydrogen-bond donors (Lipinski definition) is 0. The molecule has 2 aromatic rings. The van der Waals surface area contributed by atoms with Crippen LogP contribution in [-0.2, 0) is 27.3 Å². The van der Waals surface area contributed by atoms with Crippen molar-refractivity contribution in [1.29, 1.82) is 0 Å². The number of carbonyl (C=O) groups excluding carboxylic acids is 2. The Labute approximate surface area is 170 Å². The molecule has 0 unspecified atom stereocenters. The van der Waals surface area contributed by atoms with Crippen molar-refractivity contribution in [2.24, 2.45) is 0 Å². The molecule has 0 bridgehead atoms. The highest BCUT2D eigenvalue weighted by Gasteiger charge is 2.22. The highest BCUT2D eigenvalue weighted by Crippen LogP contribution is 2.17. The smallest absolute Gasteiger partial charge is 0.306 e. The molecule has 0 aliphatic carbocycles. The topological polar surface area (TPSA) is 72.4 Å². The first-order chi connectivity index (χ1) is 13.3. The molecule has 1 heterocycles. The molecule has 150 valence electrons. The summed E-state index contributed by atoms with van der Waals surface area (Å²) in [6.45, 7) is 5.91. The zero-order chi connectivity index (χ0) is 20.7. The number of carbonyl (C=O) groups is 2. The van der Waals surface area contributed by atoms with Gasteiger partial charge in [-0.15, -0.1) is 0 Å². The Morgan fingerprint density at radius 2 is 1.75 bits per heavy atom. The van der Waals surface area contributed by atoms with E-state index < -0.39 is 12.1 Å². The van der Waals surface area contributed by atoms with Crippen molar-refractivity contribution in [3.63, 3.8) is 0 Å². The van der Waals surface area contributed by atoms with Crippen molar-refractivity contribution in [1.82, 2.24) is 14.9 Å². The van der Waals surface area contributed by atoms with Crippen molar-refractivity contribution in [2.75, 3.05) is 13.3 Å². The summed E-state index contributed by atoms with van der Waals surface area (Å²) in [6.07, 6.45) is 1.78. The van der Waals surface area contributed by atoms with Gasteiger partial charge in [0.2, 0.25) is 0 Å². The van der Waals surface area contributed by atoms with Gasteiger partial charge in [0.05, 0.1) is 0 Å². The molecule has 1 aromatic heterocycles. The zero-order valence-electron chi connectivity index (χ0n) is 17.1. The molecular weight excluding hydrogens is 374 g/mol. The molecule has 0 spiro atoms. The van der Waals surface area contributed by atoms with Crippen LogP contribution < -0.4 is 0 Å². The fraction of sp³-hybridized carbons (Fsp3) is 0.429. The van der Waals surface area contributed by atoms with E-state index in [2.05, 4.69) is 9.97 Å². The average Bonchev–Trinajstić information content (AvgIpc) is 2.67. The molecular formula is C21H27N3O3S. The summed E-state index contributed by atoms with van der Waals surface area (Å²) in [5.74, 6) is -0.626. The predicted molar refractivity (Wildman–Crippen MR) is 110 cm³/mol. The standard InChI is InChI=1S/C21H27N3O3S/c1-14-18(15(2)23-21(22-14)28-5)11-12-19(25)27-16(3)20(26)24(4)13-17-9-7-6-8-10-17/h6-10,16H,11-13H2,1-5H3/t16-/m1/s1. The molecule has 6 nitrogen and oxygen atoms in total. The van der Waals surface area contributed by atoms with Crippen LogP contribution in [0.25, 0.3) is 0 Å². The summed E-state index contributed by atoms with van der Waals surface area (Å²) < 4.78 is 5.34. The highest BCUT2D eigenvalue weighted by molar-refractivity contribution is 7.98. The SMILES string of the molecule is CSc1nc(C)c(CCC(=O)O[C@H](C)C(=O)N(C)Cc2ccccc2)c(C)n1. The quantitative estimate of drug-likeness (QED) is 0.384. The lowest BCUT2D eigenvalue weighted by Gasteiger charge is -2.21. The maximum Gasteiger partial charge on any atom is 0.306 e.